The summed E-state index contributed by atoms with van der Waals surface area (Å²) in [5.41, 5.74) is -0.0559. The van der Waals surface area contributed by atoms with Crippen LogP contribution in [0.1, 0.15) is 17.3 Å². The van der Waals surface area contributed by atoms with E-state index in [0.29, 0.717) is 16.6 Å². The lowest BCUT2D eigenvalue weighted by atomic mass is 10.2. The predicted molar refractivity (Wildman–Crippen MR) is 82.5 cm³/mol. The smallest absolute Gasteiger partial charge is 0.254 e. The minimum absolute atomic E-state index is 0.0559. The third kappa shape index (κ3) is 6.02. The van der Waals surface area contributed by atoms with E-state index in [1.54, 1.807) is 25.1 Å². The molecule has 0 atom stereocenters. The van der Waals surface area contributed by atoms with Gasteiger partial charge in [-0.3, -0.25) is 4.79 Å². The number of nitrogens with one attached hydrogen (secondary N) is 1. The molecule has 0 saturated heterocycles. The van der Waals surface area contributed by atoms with Crippen molar-refractivity contribution in [3.63, 3.8) is 0 Å². The molecule has 0 unspecified atom stereocenters. The van der Waals surface area contributed by atoms with Crippen LogP contribution in [0.4, 0.5) is 4.39 Å². The molecular weight excluding hydrogens is 316 g/mol. The average Bonchev–Trinajstić information content (AvgIpc) is 2.39. The van der Waals surface area contributed by atoms with Crippen LogP contribution in [0.2, 0.25) is 10.0 Å². The van der Waals surface area contributed by atoms with Gasteiger partial charge in [-0.05, 0) is 37.3 Å². The molecule has 6 heteroatoms. The van der Waals surface area contributed by atoms with Gasteiger partial charge in [-0.1, -0.05) is 29.3 Å². The highest BCUT2D eigenvalue weighted by molar-refractivity contribution is 6.34. The lowest BCUT2D eigenvalue weighted by Gasteiger charge is -2.03. The van der Waals surface area contributed by atoms with Crippen LogP contribution in [0.15, 0.2) is 42.5 Å². The molecule has 0 aromatic heterocycles. The summed E-state index contributed by atoms with van der Waals surface area (Å²) in [5.74, 6) is -1.38. The Morgan fingerprint density at radius 2 is 1.81 bits per heavy atom. The van der Waals surface area contributed by atoms with Gasteiger partial charge in [0.25, 0.3) is 5.91 Å². The number of amides is 1. The molecule has 112 valence electrons. The second-order valence-electron chi connectivity index (χ2n) is 3.96. The number of phenolic OH excluding ortho intramolecular Hbond substituents is 1. The molecule has 0 saturated carbocycles. The maximum Gasteiger partial charge on any atom is 0.254 e. The zero-order chi connectivity index (χ0) is 15.8. The molecule has 1 amide bonds. The Hall–Kier alpha value is -1.78. The van der Waals surface area contributed by atoms with Gasteiger partial charge in [0.05, 0.1) is 5.56 Å². The van der Waals surface area contributed by atoms with Gasteiger partial charge >= 0.3 is 0 Å². The fraction of sp³-hybridized carbons (Fsp3) is 0.133. The molecule has 0 aliphatic heterocycles. The van der Waals surface area contributed by atoms with Gasteiger partial charge in [-0.25, -0.2) is 4.39 Å². The summed E-state index contributed by atoms with van der Waals surface area (Å²) < 4.78 is 13.0. The first-order valence-electron chi connectivity index (χ1n) is 6.11. The summed E-state index contributed by atoms with van der Waals surface area (Å²) >= 11 is 11.1. The minimum atomic E-state index is -0.717. The highest BCUT2D eigenvalue weighted by Gasteiger charge is 2.10. The monoisotopic (exact) mass is 329 g/mol. The number of benzene rings is 2. The van der Waals surface area contributed by atoms with E-state index in [0.717, 1.165) is 6.07 Å². The molecule has 0 fully saturated rings. The van der Waals surface area contributed by atoms with Crippen molar-refractivity contribution >= 4 is 29.1 Å². The van der Waals surface area contributed by atoms with Gasteiger partial charge in [-0.2, -0.15) is 0 Å². The second-order valence-corrected chi connectivity index (χ2v) is 4.84. The Morgan fingerprint density at radius 3 is 2.24 bits per heavy atom. The Morgan fingerprint density at radius 1 is 1.19 bits per heavy atom. The van der Waals surface area contributed by atoms with E-state index in [-0.39, 0.29) is 11.3 Å². The quantitative estimate of drug-likeness (QED) is 0.864. The van der Waals surface area contributed by atoms with Crippen molar-refractivity contribution < 1.29 is 14.3 Å². The van der Waals surface area contributed by atoms with Crippen molar-refractivity contribution in [1.29, 1.82) is 0 Å². The number of aromatic hydroxyl groups is 1. The van der Waals surface area contributed by atoms with Crippen LogP contribution in [-0.4, -0.2) is 17.6 Å². The van der Waals surface area contributed by atoms with Crippen LogP contribution in [0.25, 0.3) is 0 Å². The highest BCUT2D eigenvalue weighted by Crippen LogP contribution is 2.15. The Labute approximate surface area is 132 Å². The van der Waals surface area contributed by atoms with E-state index in [1.807, 2.05) is 6.07 Å². The molecule has 0 heterocycles. The third-order valence-electron chi connectivity index (χ3n) is 2.32. The van der Waals surface area contributed by atoms with E-state index in [1.165, 1.54) is 12.1 Å². The van der Waals surface area contributed by atoms with Crippen molar-refractivity contribution in [3.05, 3.63) is 63.9 Å². The summed E-state index contributed by atoms with van der Waals surface area (Å²) in [7, 11) is 0. The number of hydrogen-bond donors (Lipinski definition) is 2. The summed E-state index contributed by atoms with van der Waals surface area (Å²) in [6.45, 7) is 2.19. The van der Waals surface area contributed by atoms with Crippen LogP contribution in [0.3, 0.4) is 0 Å². The first-order valence-corrected chi connectivity index (χ1v) is 6.87. The van der Waals surface area contributed by atoms with Crippen LogP contribution in [0, 0.1) is 5.82 Å². The number of halogens is 3. The summed E-state index contributed by atoms with van der Waals surface area (Å²) in [6, 6.07) is 10.5. The molecule has 0 aliphatic rings. The molecule has 0 radical (unpaired) electrons. The van der Waals surface area contributed by atoms with Gasteiger partial charge in [0.15, 0.2) is 0 Å². The van der Waals surface area contributed by atoms with Crippen molar-refractivity contribution in [3.8, 4) is 5.75 Å². The van der Waals surface area contributed by atoms with Gasteiger partial charge < -0.3 is 10.4 Å². The van der Waals surface area contributed by atoms with Crippen molar-refractivity contribution in [2.24, 2.45) is 0 Å². The first kappa shape index (κ1) is 17.3. The van der Waals surface area contributed by atoms with E-state index < -0.39 is 11.7 Å². The van der Waals surface area contributed by atoms with Crippen molar-refractivity contribution in [1.82, 2.24) is 5.32 Å². The van der Waals surface area contributed by atoms with Crippen molar-refractivity contribution in [2.45, 2.75) is 6.92 Å². The number of hydrogen-bond acceptors (Lipinski definition) is 2. The maximum atomic E-state index is 13.0. The topological polar surface area (TPSA) is 49.3 Å². The fourth-order valence-electron chi connectivity index (χ4n) is 1.40. The summed E-state index contributed by atoms with van der Waals surface area (Å²) in [4.78, 5) is 11.1. The molecule has 2 rings (SSSR count). The number of phenols is 1. The van der Waals surface area contributed by atoms with Gasteiger partial charge in [0, 0.05) is 22.7 Å². The number of carbonyl (C=O) groups is 1. The summed E-state index contributed by atoms with van der Waals surface area (Å²) in [5, 5.41) is 12.7. The fourth-order valence-corrected chi connectivity index (χ4v) is 1.84. The Kier molecular flexibility index (Phi) is 6.99. The number of carbonyl (C=O) groups excluding carboxylic acids is 1. The second kappa shape index (κ2) is 8.49. The van der Waals surface area contributed by atoms with E-state index in [9.17, 15) is 9.18 Å². The molecule has 0 spiro atoms. The SMILES string of the molecule is CCNC(=O)c1ccc(O)cc1F.Clc1cccc(Cl)c1. The number of rotatable bonds is 2. The van der Waals surface area contributed by atoms with Crippen LogP contribution < -0.4 is 5.32 Å². The van der Waals surface area contributed by atoms with Crippen molar-refractivity contribution in [2.75, 3.05) is 6.54 Å². The lowest BCUT2D eigenvalue weighted by Crippen LogP contribution is -2.23. The van der Waals surface area contributed by atoms with E-state index >= 15 is 0 Å². The van der Waals surface area contributed by atoms with Crippen LogP contribution >= 0.6 is 23.2 Å². The normalized spacial score (nSPS) is 9.52. The Balaban J connectivity index is 0.000000235. The van der Waals surface area contributed by atoms with Gasteiger partial charge in [0.2, 0.25) is 0 Å². The molecule has 21 heavy (non-hydrogen) atoms. The van der Waals surface area contributed by atoms with Crippen LogP contribution in [0.5, 0.6) is 5.75 Å². The molecule has 2 N–H and O–H groups in total. The van der Waals surface area contributed by atoms with Gasteiger partial charge in [0.1, 0.15) is 11.6 Å². The predicted octanol–water partition coefficient (Wildman–Crippen LogP) is 4.27. The van der Waals surface area contributed by atoms with E-state index in [4.69, 9.17) is 28.3 Å². The minimum Gasteiger partial charge on any atom is -0.508 e. The van der Waals surface area contributed by atoms with Gasteiger partial charge in [-0.15, -0.1) is 0 Å². The maximum absolute atomic E-state index is 13.0. The molecule has 2 aromatic carbocycles. The average molecular weight is 330 g/mol. The standard InChI is InChI=1S/C9H10FNO2.C6H4Cl2/c1-2-11-9(13)7-4-3-6(12)5-8(7)10;7-5-2-1-3-6(8)4-5/h3-5,12H,2H2,1H3,(H,11,13);1-4H. The zero-order valence-corrected chi connectivity index (χ0v) is 12.7. The van der Waals surface area contributed by atoms with E-state index in [2.05, 4.69) is 5.32 Å². The zero-order valence-electron chi connectivity index (χ0n) is 11.2. The molecule has 3 nitrogen and oxygen atoms in total. The molecule has 0 bridgehead atoms. The highest BCUT2D eigenvalue weighted by atomic mass is 35.5. The Bertz CT molecular complexity index is 603. The third-order valence-corrected chi connectivity index (χ3v) is 2.79. The van der Waals surface area contributed by atoms with Crippen LogP contribution in [-0.2, 0) is 0 Å². The molecule has 0 aliphatic carbocycles. The molecule has 2 aromatic rings. The summed E-state index contributed by atoms with van der Waals surface area (Å²) in [6.07, 6.45) is 0. The first-order chi connectivity index (χ1) is 9.93. The lowest BCUT2D eigenvalue weighted by molar-refractivity contribution is 0.0952. The molecular formula is C15H14Cl2FNO2. The largest absolute Gasteiger partial charge is 0.508 e.